The van der Waals surface area contributed by atoms with E-state index >= 15 is 0 Å². The lowest BCUT2D eigenvalue weighted by Gasteiger charge is -2.02. The van der Waals surface area contributed by atoms with Crippen molar-refractivity contribution in [3.63, 3.8) is 0 Å². The third kappa shape index (κ3) is 1.15. The summed E-state index contributed by atoms with van der Waals surface area (Å²) in [7, 11) is 0. The first-order valence-corrected chi connectivity index (χ1v) is 3.83. The standard InChI is InChI=1S/C9H12N2/c10-9(11)6-8(9)7-4-2-1-3-5-7/h1-5,8H,6,10-11H2. The molecule has 4 N–H and O–H groups in total. The summed E-state index contributed by atoms with van der Waals surface area (Å²) in [5.74, 6) is 0.378. The van der Waals surface area contributed by atoms with Crippen LogP contribution in [0.3, 0.4) is 0 Å². The SMILES string of the molecule is NC1(N)CC1c1ccccc1. The molecule has 1 aliphatic rings. The van der Waals surface area contributed by atoms with Gasteiger partial charge in [-0.2, -0.15) is 0 Å². The van der Waals surface area contributed by atoms with Crippen LogP contribution >= 0.6 is 0 Å². The molecule has 11 heavy (non-hydrogen) atoms. The third-order valence-electron chi connectivity index (χ3n) is 2.25. The van der Waals surface area contributed by atoms with Crippen molar-refractivity contribution in [2.75, 3.05) is 0 Å². The molecule has 0 bridgehead atoms. The van der Waals surface area contributed by atoms with Crippen LogP contribution < -0.4 is 11.5 Å². The molecule has 58 valence electrons. The molecule has 1 aromatic carbocycles. The summed E-state index contributed by atoms with van der Waals surface area (Å²) in [5, 5.41) is 0. The van der Waals surface area contributed by atoms with Crippen molar-refractivity contribution < 1.29 is 0 Å². The van der Waals surface area contributed by atoms with E-state index in [0.29, 0.717) is 5.92 Å². The monoisotopic (exact) mass is 148 g/mol. The van der Waals surface area contributed by atoms with Crippen molar-refractivity contribution in [3.05, 3.63) is 35.9 Å². The minimum Gasteiger partial charge on any atom is -0.313 e. The van der Waals surface area contributed by atoms with Crippen molar-refractivity contribution in [2.24, 2.45) is 11.5 Å². The molecular weight excluding hydrogens is 136 g/mol. The topological polar surface area (TPSA) is 52.0 Å². The van der Waals surface area contributed by atoms with Crippen LogP contribution in [-0.2, 0) is 0 Å². The first-order chi connectivity index (χ1) is 5.20. The van der Waals surface area contributed by atoms with E-state index in [4.69, 9.17) is 11.5 Å². The summed E-state index contributed by atoms with van der Waals surface area (Å²) in [5.41, 5.74) is 12.3. The van der Waals surface area contributed by atoms with Crippen LogP contribution in [0.4, 0.5) is 0 Å². The minimum absolute atomic E-state index is 0.378. The van der Waals surface area contributed by atoms with Gasteiger partial charge in [0.25, 0.3) is 0 Å². The maximum atomic E-state index is 5.72. The zero-order chi connectivity index (χ0) is 7.90. The number of hydrogen-bond acceptors (Lipinski definition) is 2. The van der Waals surface area contributed by atoms with E-state index in [2.05, 4.69) is 12.1 Å². The summed E-state index contributed by atoms with van der Waals surface area (Å²) < 4.78 is 0. The second kappa shape index (κ2) is 2.06. The normalized spacial score (nSPS) is 26.5. The quantitative estimate of drug-likeness (QED) is 0.578. The Balaban J connectivity index is 2.21. The van der Waals surface area contributed by atoms with Crippen molar-refractivity contribution in [2.45, 2.75) is 18.0 Å². The number of benzene rings is 1. The second-order valence-corrected chi connectivity index (χ2v) is 3.28. The molecule has 1 fully saturated rings. The highest BCUT2D eigenvalue weighted by atomic mass is 15.0. The molecule has 1 unspecified atom stereocenters. The Labute approximate surface area is 66.2 Å². The zero-order valence-corrected chi connectivity index (χ0v) is 6.33. The summed E-state index contributed by atoms with van der Waals surface area (Å²) in [6.45, 7) is 0. The molecule has 0 spiro atoms. The predicted octanol–water partition coefficient (Wildman–Crippen LogP) is 0.788. The molecule has 0 saturated heterocycles. The van der Waals surface area contributed by atoms with Crippen LogP contribution in [0.5, 0.6) is 0 Å². The molecule has 1 aromatic rings. The fourth-order valence-corrected chi connectivity index (χ4v) is 1.41. The number of nitrogens with two attached hydrogens (primary N) is 2. The van der Waals surface area contributed by atoms with Gasteiger partial charge in [0.1, 0.15) is 0 Å². The molecule has 0 amide bonds. The van der Waals surface area contributed by atoms with Gasteiger partial charge in [-0.3, -0.25) is 0 Å². The van der Waals surface area contributed by atoms with Gasteiger partial charge in [-0.1, -0.05) is 30.3 Å². The number of hydrogen-bond donors (Lipinski definition) is 2. The first-order valence-electron chi connectivity index (χ1n) is 3.83. The molecule has 2 rings (SSSR count). The Morgan fingerprint density at radius 2 is 1.73 bits per heavy atom. The minimum atomic E-state index is -0.429. The summed E-state index contributed by atoms with van der Waals surface area (Å²) in [6, 6.07) is 10.2. The zero-order valence-electron chi connectivity index (χ0n) is 6.33. The van der Waals surface area contributed by atoms with Crippen LogP contribution in [0.25, 0.3) is 0 Å². The molecule has 1 aliphatic carbocycles. The highest BCUT2D eigenvalue weighted by Crippen LogP contribution is 2.44. The smallest absolute Gasteiger partial charge is 0.0715 e. The largest absolute Gasteiger partial charge is 0.313 e. The van der Waals surface area contributed by atoms with Gasteiger partial charge >= 0.3 is 0 Å². The van der Waals surface area contributed by atoms with E-state index in [1.165, 1.54) is 5.56 Å². The van der Waals surface area contributed by atoms with Crippen LogP contribution in [0.15, 0.2) is 30.3 Å². The van der Waals surface area contributed by atoms with Gasteiger partial charge in [0.05, 0.1) is 5.66 Å². The average Bonchev–Trinajstić information content (AvgIpc) is 2.62. The van der Waals surface area contributed by atoms with E-state index in [0.717, 1.165) is 6.42 Å². The van der Waals surface area contributed by atoms with E-state index in [-0.39, 0.29) is 0 Å². The Morgan fingerprint density at radius 3 is 2.18 bits per heavy atom. The summed E-state index contributed by atoms with van der Waals surface area (Å²) >= 11 is 0. The van der Waals surface area contributed by atoms with Gasteiger partial charge in [-0.15, -0.1) is 0 Å². The van der Waals surface area contributed by atoms with E-state index in [9.17, 15) is 0 Å². The summed E-state index contributed by atoms with van der Waals surface area (Å²) in [6.07, 6.45) is 0.914. The Hall–Kier alpha value is -0.860. The van der Waals surface area contributed by atoms with Crippen molar-refractivity contribution in [1.29, 1.82) is 0 Å². The van der Waals surface area contributed by atoms with Crippen LogP contribution in [0, 0.1) is 0 Å². The second-order valence-electron chi connectivity index (χ2n) is 3.28. The van der Waals surface area contributed by atoms with Crippen molar-refractivity contribution in [1.82, 2.24) is 0 Å². The van der Waals surface area contributed by atoms with Gasteiger partial charge in [0.2, 0.25) is 0 Å². The molecule has 0 heterocycles. The molecule has 0 aliphatic heterocycles. The van der Waals surface area contributed by atoms with Crippen LogP contribution in [0.2, 0.25) is 0 Å². The van der Waals surface area contributed by atoms with Crippen molar-refractivity contribution in [3.8, 4) is 0 Å². The van der Waals surface area contributed by atoms with Crippen molar-refractivity contribution >= 4 is 0 Å². The average molecular weight is 148 g/mol. The fraction of sp³-hybridized carbons (Fsp3) is 0.333. The molecule has 2 nitrogen and oxygen atoms in total. The Kier molecular flexibility index (Phi) is 1.28. The van der Waals surface area contributed by atoms with E-state index < -0.39 is 5.66 Å². The molecule has 1 atom stereocenters. The lowest BCUT2D eigenvalue weighted by atomic mass is 10.1. The van der Waals surface area contributed by atoms with E-state index in [1.54, 1.807) is 0 Å². The maximum absolute atomic E-state index is 5.72. The highest BCUT2D eigenvalue weighted by molar-refractivity contribution is 5.31. The third-order valence-corrected chi connectivity index (χ3v) is 2.25. The lowest BCUT2D eigenvalue weighted by molar-refractivity contribution is 0.688. The van der Waals surface area contributed by atoms with E-state index in [1.807, 2.05) is 18.2 Å². The summed E-state index contributed by atoms with van der Waals surface area (Å²) in [4.78, 5) is 0. The van der Waals surface area contributed by atoms with Gasteiger partial charge in [-0.25, -0.2) is 0 Å². The maximum Gasteiger partial charge on any atom is 0.0715 e. The lowest BCUT2D eigenvalue weighted by Crippen LogP contribution is -2.35. The Bertz CT molecular complexity index is 254. The predicted molar refractivity (Wildman–Crippen MR) is 44.9 cm³/mol. The van der Waals surface area contributed by atoms with Gasteiger partial charge in [0.15, 0.2) is 0 Å². The fourth-order valence-electron chi connectivity index (χ4n) is 1.41. The van der Waals surface area contributed by atoms with Crippen LogP contribution in [-0.4, -0.2) is 5.66 Å². The molecular formula is C9H12N2. The number of rotatable bonds is 1. The highest BCUT2D eigenvalue weighted by Gasteiger charge is 2.48. The molecule has 0 radical (unpaired) electrons. The Morgan fingerprint density at radius 1 is 1.18 bits per heavy atom. The van der Waals surface area contributed by atoms with Crippen LogP contribution in [0.1, 0.15) is 17.9 Å². The molecule has 1 saturated carbocycles. The van der Waals surface area contributed by atoms with Gasteiger partial charge in [-0.05, 0) is 12.0 Å². The first kappa shape index (κ1) is 6.83. The van der Waals surface area contributed by atoms with Gasteiger partial charge < -0.3 is 11.5 Å². The molecule has 0 aromatic heterocycles. The van der Waals surface area contributed by atoms with Gasteiger partial charge in [0, 0.05) is 5.92 Å². The molecule has 2 heteroatoms.